The molecule has 0 atom stereocenters. The fourth-order valence-electron chi connectivity index (χ4n) is 3.11. The van der Waals surface area contributed by atoms with E-state index in [1.54, 1.807) is 0 Å². The van der Waals surface area contributed by atoms with Crippen LogP contribution in [0.15, 0.2) is 60.8 Å². The summed E-state index contributed by atoms with van der Waals surface area (Å²) in [7, 11) is 0. The van der Waals surface area contributed by atoms with E-state index >= 15 is 0 Å². The minimum absolute atomic E-state index is 1.20. The Bertz CT molecular complexity index is 719. The molecule has 1 fully saturated rings. The smallest absolute Gasteiger partial charge is 0.0528 e. The predicted molar refractivity (Wildman–Crippen MR) is 84.7 cm³/mol. The van der Waals surface area contributed by atoms with Crippen molar-refractivity contribution in [3.63, 3.8) is 0 Å². The normalized spacial score (nSPS) is 15.1. The van der Waals surface area contributed by atoms with Crippen LogP contribution in [0.5, 0.6) is 0 Å². The van der Waals surface area contributed by atoms with E-state index in [2.05, 4.69) is 70.3 Å². The molecule has 1 aromatic heterocycles. The van der Waals surface area contributed by atoms with Crippen LogP contribution in [-0.4, -0.2) is 17.7 Å². The Morgan fingerprint density at radius 3 is 2.20 bits per heavy atom. The van der Waals surface area contributed by atoms with Gasteiger partial charge in [0.15, 0.2) is 0 Å². The molecule has 3 aromatic rings. The van der Waals surface area contributed by atoms with Gasteiger partial charge in [-0.3, -0.25) is 0 Å². The van der Waals surface area contributed by atoms with E-state index in [1.807, 2.05) is 0 Å². The van der Waals surface area contributed by atoms with Crippen molar-refractivity contribution in [3.05, 3.63) is 60.8 Å². The highest BCUT2D eigenvalue weighted by Crippen LogP contribution is 2.24. The molecule has 0 bridgehead atoms. The average molecular weight is 262 g/mol. The molecule has 0 amide bonds. The molecular formula is C18H18N2. The summed E-state index contributed by atoms with van der Waals surface area (Å²) in [6.45, 7) is 2.40. The summed E-state index contributed by atoms with van der Waals surface area (Å²) in [6, 6.07) is 19.6. The number of rotatable bonds is 2. The van der Waals surface area contributed by atoms with Crippen LogP contribution >= 0.6 is 0 Å². The van der Waals surface area contributed by atoms with Crippen molar-refractivity contribution in [3.8, 4) is 5.69 Å². The van der Waals surface area contributed by atoms with Gasteiger partial charge in [-0.1, -0.05) is 18.2 Å². The van der Waals surface area contributed by atoms with Crippen molar-refractivity contribution < 1.29 is 0 Å². The van der Waals surface area contributed by atoms with Crippen LogP contribution in [0.4, 0.5) is 5.69 Å². The average Bonchev–Trinajstić information content (AvgIpc) is 3.17. The first-order valence-electron chi connectivity index (χ1n) is 7.33. The molecule has 2 heteroatoms. The Balaban J connectivity index is 1.71. The molecule has 2 aromatic carbocycles. The Morgan fingerprint density at radius 2 is 1.40 bits per heavy atom. The van der Waals surface area contributed by atoms with Crippen molar-refractivity contribution in [1.82, 2.24) is 4.57 Å². The van der Waals surface area contributed by atoms with E-state index in [9.17, 15) is 0 Å². The minimum atomic E-state index is 1.20. The second kappa shape index (κ2) is 4.71. The van der Waals surface area contributed by atoms with E-state index in [0.29, 0.717) is 0 Å². The van der Waals surface area contributed by atoms with Gasteiger partial charge in [-0.15, -0.1) is 0 Å². The van der Waals surface area contributed by atoms with E-state index in [4.69, 9.17) is 0 Å². The third kappa shape index (κ3) is 1.88. The van der Waals surface area contributed by atoms with Gasteiger partial charge in [0.2, 0.25) is 0 Å². The number of anilines is 1. The number of hydrogen-bond acceptors (Lipinski definition) is 1. The van der Waals surface area contributed by atoms with Gasteiger partial charge in [-0.25, -0.2) is 0 Å². The molecular weight excluding hydrogens is 244 g/mol. The molecule has 20 heavy (non-hydrogen) atoms. The number of fused-ring (bicyclic) bond motifs is 1. The van der Waals surface area contributed by atoms with Crippen LogP contribution in [0.2, 0.25) is 0 Å². The van der Waals surface area contributed by atoms with Crippen molar-refractivity contribution >= 4 is 16.6 Å². The fraction of sp³-hybridized carbons (Fsp3) is 0.222. The van der Waals surface area contributed by atoms with Crippen LogP contribution < -0.4 is 4.90 Å². The highest BCUT2D eigenvalue weighted by atomic mass is 15.1. The first kappa shape index (κ1) is 11.6. The van der Waals surface area contributed by atoms with Gasteiger partial charge in [0, 0.05) is 30.7 Å². The predicted octanol–water partition coefficient (Wildman–Crippen LogP) is 4.23. The molecule has 2 heterocycles. The standard InChI is InChI=1S/C18H18N2/c1-2-6-18-15(5-1)11-14-20(18)17-9-7-16(8-10-17)19-12-3-4-13-19/h1-2,5-11,14H,3-4,12-13H2. The molecule has 1 saturated heterocycles. The van der Waals surface area contributed by atoms with Crippen LogP contribution in [0.1, 0.15) is 12.8 Å². The molecule has 0 N–H and O–H groups in total. The van der Waals surface area contributed by atoms with E-state index < -0.39 is 0 Å². The van der Waals surface area contributed by atoms with Gasteiger partial charge in [-0.2, -0.15) is 0 Å². The Kier molecular flexibility index (Phi) is 2.73. The lowest BCUT2D eigenvalue weighted by Gasteiger charge is -2.18. The fourth-order valence-corrected chi connectivity index (χ4v) is 3.11. The Hall–Kier alpha value is -2.22. The molecule has 2 nitrogen and oxygen atoms in total. The largest absolute Gasteiger partial charge is 0.372 e. The molecule has 4 rings (SSSR count). The van der Waals surface area contributed by atoms with Gasteiger partial charge in [0.05, 0.1) is 5.52 Å². The second-order valence-corrected chi connectivity index (χ2v) is 5.46. The van der Waals surface area contributed by atoms with Gasteiger partial charge < -0.3 is 9.47 Å². The highest BCUT2D eigenvalue weighted by Gasteiger charge is 2.12. The van der Waals surface area contributed by atoms with Crippen LogP contribution in [-0.2, 0) is 0 Å². The summed E-state index contributed by atoms with van der Waals surface area (Å²) in [5, 5.41) is 1.29. The maximum absolute atomic E-state index is 2.47. The molecule has 100 valence electrons. The monoisotopic (exact) mass is 262 g/mol. The van der Waals surface area contributed by atoms with Crippen molar-refractivity contribution in [2.75, 3.05) is 18.0 Å². The van der Waals surface area contributed by atoms with Gasteiger partial charge in [0.1, 0.15) is 0 Å². The zero-order valence-corrected chi connectivity index (χ0v) is 11.5. The first-order chi connectivity index (χ1) is 9.92. The summed E-state index contributed by atoms with van der Waals surface area (Å²) in [5.74, 6) is 0. The Morgan fingerprint density at radius 1 is 0.700 bits per heavy atom. The number of nitrogens with zero attached hydrogens (tertiary/aromatic N) is 2. The number of para-hydroxylation sites is 1. The first-order valence-corrected chi connectivity index (χ1v) is 7.33. The van der Waals surface area contributed by atoms with Gasteiger partial charge >= 0.3 is 0 Å². The lowest BCUT2D eigenvalue weighted by molar-refractivity contribution is 0.949. The third-order valence-corrected chi connectivity index (χ3v) is 4.20. The molecule has 0 spiro atoms. The van der Waals surface area contributed by atoms with E-state index in [1.165, 1.54) is 48.2 Å². The molecule has 1 aliphatic rings. The van der Waals surface area contributed by atoms with Crippen LogP contribution in [0.3, 0.4) is 0 Å². The maximum Gasteiger partial charge on any atom is 0.0528 e. The number of hydrogen-bond donors (Lipinski definition) is 0. The van der Waals surface area contributed by atoms with Crippen molar-refractivity contribution in [2.45, 2.75) is 12.8 Å². The number of benzene rings is 2. The highest BCUT2D eigenvalue weighted by molar-refractivity contribution is 5.81. The lowest BCUT2D eigenvalue weighted by Crippen LogP contribution is -2.17. The summed E-state index contributed by atoms with van der Waals surface area (Å²) in [5.41, 5.74) is 3.85. The van der Waals surface area contributed by atoms with Crippen LogP contribution in [0.25, 0.3) is 16.6 Å². The zero-order valence-electron chi connectivity index (χ0n) is 11.5. The summed E-state index contributed by atoms with van der Waals surface area (Å²) < 4.78 is 2.25. The van der Waals surface area contributed by atoms with Crippen LogP contribution in [0, 0.1) is 0 Å². The molecule has 0 saturated carbocycles. The van der Waals surface area contributed by atoms with Crippen molar-refractivity contribution in [1.29, 1.82) is 0 Å². The molecule has 0 aliphatic carbocycles. The van der Waals surface area contributed by atoms with Gasteiger partial charge in [-0.05, 0) is 54.6 Å². The van der Waals surface area contributed by atoms with E-state index in [0.717, 1.165) is 0 Å². The SMILES string of the molecule is c1ccc2c(c1)ccn2-c1ccc(N2CCCC2)cc1. The second-order valence-electron chi connectivity index (χ2n) is 5.46. The summed E-state index contributed by atoms with van der Waals surface area (Å²) >= 11 is 0. The van der Waals surface area contributed by atoms with Gasteiger partial charge in [0.25, 0.3) is 0 Å². The quantitative estimate of drug-likeness (QED) is 0.671. The molecule has 1 aliphatic heterocycles. The molecule has 0 unspecified atom stereocenters. The molecule has 0 radical (unpaired) electrons. The van der Waals surface area contributed by atoms with E-state index in [-0.39, 0.29) is 0 Å². The van der Waals surface area contributed by atoms with Crippen molar-refractivity contribution in [2.24, 2.45) is 0 Å². The zero-order chi connectivity index (χ0) is 13.4. The summed E-state index contributed by atoms with van der Waals surface area (Å²) in [4.78, 5) is 2.47. The number of aromatic nitrogens is 1. The minimum Gasteiger partial charge on any atom is -0.372 e. The lowest BCUT2D eigenvalue weighted by atomic mass is 10.2. The maximum atomic E-state index is 2.47. The topological polar surface area (TPSA) is 8.17 Å². The summed E-state index contributed by atoms with van der Waals surface area (Å²) in [6.07, 6.45) is 4.80. The Labute approximate surface area is 119 Å². The third-order valence-electron chi connectivity index (χ3n) is 4.20.